The first-order chi connectivity index (χ1) is 13.6. The highest BCUT2D eigenvalue weighted by Gasteiger charge is 2.27. The molecular formula is C23H40O5. The molecule has 0 radical (unpaired) electrons. The number of phenols is 2. The van der Waals surface area contributed by atoms with Crippen LogP contribution in [-0.2, 0) is 6.42 Å². The second-order valence-electron chi connectivity index (χ2n) is 7.18. The molecule has 162 valence electrons. The normalized spacial score (nSPS) is 10.9. The van der Waals surface area contributed by atoms with E-state index in [1.54, 1.807) is 0 Å². The van der Waals surface area contributed by atoms with E-state index in [9.17, 15) is 10.2 Å². The summed E-state index contributed by atoms with van der Waals surface area (Å²) in [5.74, 6) is 0.721. The molecule has 5 heteroatoms. The number of hydrogen-bond acceptors (Lipinski definition) is 5. The van der Waals surface area contributed by atoms with Crippen LogP contribution < -0.4 is 14.2 Å². The predicted molar refractivity (Wildman–Crippen MR) is 114 cm³/mol. The van der Waals surface area contributed by atoms with Gasteiger partial charge in [0.05, 0.1) is 19.8 Å². The number of phenolic OH excluding ortho intramolecular Hbond substituents is 2. The van der Waals surface area contributed by atoms with E-state index in [4.69, 9.17) is 14.2 Å². The molecular weight excluding hydrogens is 356 g/mol. The van der Waals surface area contributed by atoms with Crippen LogP contribution in [0.25, 0.3) is 0 Å². The topological polar surface area (TPSA) is 68.2 Å². The standard InChI is InChI=1S/C23H40O5/c1-5-9-12-15-26-21-18(8-4)19(24)20(25)22(27-16-13-10-6-2)23(21)28-17-14-11-7-3/h24-25H,5-17H2,1-4H3. The van der Waals surface area contributed by atoms with Crippen molar-refractivity contribution in [2.45, 2.75) is 91.9 Å². The fourth-order valence-electron chi connectivity index (χ4n) is 3.03. The molecule has 0 saturated carbocycles. The summed E-state index contributed by atoms with van der Waals surface area (Å²) in [4.78, 5) is 0. The van der Waals surface area contributed by atoms with E-state index < -0.39 is 0 Å². The van der Waals surface area contributed by atoms with Gasteiger partial charge in [-0.25, -0.2) is 0 Å². The smallest absolute Gasteiger partial charge is 0.211 e. The molecule has 0 bridgehead atoms. The van der Waals surface area contributed by atoms with E-state index in [0.717, 1.165) is 57.8 Å². The molecule has 0 aliphatic heterocycles. The monoisotopic (exact) mass is 396 g/mol. The summed E-state index contributed by atoms with van der Waals surface area (Å²) in [6.07, 6.45) is 9.77. The Morgan fingerprint density at radius 3 is 1.39 bits per heavy atom. The molecule has 5 nitrogen and oxygen atoms in total. The molecule has 0 aliphatic carbocycles. The van der Waals surface area contributed by atoms with Crippen molar-refractivity contribution in [1.29, 1.82) is 0 Å². The zero-order valence-electron chi connectivity index (χ0n) is 18.3. The Kier molecular flexibility index (Phi) is 12.3. The lowest BCUT2D eigenvalue weighted by Crippen LogP contribution is -2.08. The van der Waals surface area contributed by atoms with Crippen LogP contribution in [0, 0.1) is 0 Å². The average molecular weight is 397 g/mol. The van der Waals surface area contributed by atoms with E-state index in [2.05, 4.69) is 20.8 Å². The highest BCUT2D eigenvalue weighted by Crippen LogP contribution is 2.53. The number of hydrogen-bond donors (Lipinski definition) is 2. The summed E-state index contributed by atoms with van der Waals surface area (Å²) in [5, 5.41) is 21.1. The van der Waals surface area contributed by atoms with Crippen molar-refractivity contribution >= 4 is 0 Å². The van der Waals surface area contributed by atoms with Gasteiger partial charge in [-0.2, -0.15) is 0 Å². The minimum Gasteiger partial charge on any atom is -0.504 e. The van der Waals surface area contributed by atoms with Gasteiger partial charge < -0.3 is 24.4 Å². The van der Waals surface area contributed by atoms with Crippen molar-refractivity contribution in [3.8, 4) is 28.7 Å². The van der Waals surface area contributed by atoms with Gasteiger partial charge in [0.15, 0.2) is 11.5 Å². The van der Waals surface area contributed by atoms with E-state index in [1.807, 2.05) is 6.92 Å². The average Bonchev–Trinajstić information content (AvgIpc) is 2.70. The zero-order chi connectivity index (χ0) is 20.8. The number of benzene rings is 1. The van der Waals surface area contributed by atoms with Crippen LogP contribution in [0.4, 0.5) is 0 Å². The Hall–Kier alpha value is -1.78. The van der Waals surface area contributed by atoms with E-state index in [1.165, 1.54) is 0 Å². The summed E-state index contributed by atoms with van der Waals surface area (Å²) < 4.78 is 17.9. The van der Waals surface area contributed by atoms with Gasteiger partial charge >= 0.3 is 0 Å². The first kappa shape index (κ1) is 24.3. The van der Waals surface area contributed by atoms with Crippen LogP contribution in [-0.4, -0.2) is 30.0 Å². The number of aromatic hydroxyl groups is 2. The van der Waals surface area contributed by atoms with Crippen LogP contribution in [0.5, 0.6) is 28.7 Å². The van der Waals surface area contributed by atoms with E-state index in [-0.39, 0.29) is 17.2 Å². The van der Waals surface area contributed by atoms with Crippen LogP contribution in [0.1, 0.15) is 91.0 Å². The van der Waals surface area contributed by atoms with Crippen molar-refractivity contribution < 1.29 is 24.4 Å². The third-order valence-electron chi connectivity index (χ3n) is 4.75. The highest BCUT2D eigenvalue weighted by molar-refractivity contribution is 5.69. The molecule has 2 N–H and O–H groups in total. The van der Waals surface area contributed by atoms with Crippen LogP contribution in [0.2, 0.25) is 0 Å². The molecule has 0 unspecified atom stereocenters. The molecule has 0 aliphatic rings. The molecule has 1 aromatic rings. The van der Waals surface area contributed by atoms with Crippen LogP contribution in [0.3, 0.4) is 0 Å². The van der Waals surface area contributed by atoms with E-state index >= 15 is 0 Å². The largest absolute Gasteiger partial charge is 0.504 e. The van der Waals surface area contributed by atoms with Gasteiger partial charge in [0, 0.05) is 5.56 Å². The molecule has 0 amide bonds. The Morgan fingerprint density at radius 2 is 0.964 bits per heavy atom. The van der Waals surface area contributed by atoms with Crippen molar-refractivity contribution in [1.82, 2.24) is 0 Å². The minimum absolute atomic E-state index is 0.167. The minimum atomic E-state index is -0.250. The Morgan fingerprint density at radius 1 is 0.536 bits per heavy atom. The number of rotatable bonds is 16. The first-order valence-electron chi connectivity index (χ1n) is 11.1. The second kappa shape index (κ2) is 14.3. The van der Waals surface area contributed by atoms with Crippen molar-refractivity contribution in [3.63, 3.8) is 0 Å². The number of ether oxygens (including phenoxy) is 3. The third kappa shape index (κ3) is 7.33. The summed E-state index contributed by atoms with van der Waals surface area (Å²) in [6.45, 7) is 9.89. The maximum Gasteiger partial charge on any atom is 0.211 e. The van der Waals surface area contributed by atoms with Crippen molar-refractivity contribution in [2.24, 2.45) is 0 Å². The number of unbranched alkanes of at least 4 members (excludes halogenated alkanes) is 6. The third-order valence-corrected chi connectivity index (χ3v) is 4.75. The van der Waals surface area contributed by atoms with Crippen molar-refractivity contribution in [3.05, 3.63) is 5.56 Å². The Balaban J connectivity index is 3.17. The quantitative estimate of drug-likeness (QED) is 0.251. The van der Waals surface area contributed by atoms with Gasteiger partial charge in [0.25, 0.3) is 0 Å². The summed E-state index contributed by atoms with van der Waals surface area (Å²) in [5.41, 5.74) is 0.570. The lowest BCUT2D eigenvalue weighted by atomic mass is 10.1. The van der Waals surface area contributed by atoms with Gasteiger partial charge in [0.2, 0.25) is 17.2 Å². The van der Waals surface area contributed by atoms with E-state index in [0.29, 0.717) is 43.3 Å². The Labute approximate surface area is 171 Å². The maximum absolute atomic E-state index is 10.6. The molecule has 0 atom stereocenters. The van der Waals surface area contributed by atoms with Gasteiger partial charge in [0.1, 0.15) is 0 Å². The van der Waals surface area contributed by atoms with Gasteiger partial charge in [-0.1, -0.05) is 66.2 Å². The van der Waals surface area contributed by atoms with Crippen molar-refractivity contribution in [2.75, 3.05) is 19.8 Å². The van der Waals surface area contributed by atoms with Gasteiger partial charge in [-0.05, 0) is 25.7 Å². The zero-order valence-corrected chi connectivity index (χ0v) is 18.3. The molecule has 1 rings (SSSR count). The lowest BCUT2D eigenvalue weighted by Gasteiger charge is -2.22. The summed E-state index contributed by atoms with van der Waals surface area (Å²) >= 11 is 0. The lowest BCUT2D eigenvalue weighted by molar-refractivity contribution is 0.223. The second-order valence-corrected chi connectivity index (χ2v) is 7.18. The molecule has 0 aromatic heterocycles. The first-order valence-corrected chi connectivity index (χ1v) is 11.1. The van der Waals surface area contributed by atoms with Crippen LogP contribution >= 0.6 is 0 Å². The Bertz CT molecular complexity index is 557. The summed E-state index contributed by atoms with van der Waals surface area (Å²) in [7, 11) is 0. The molecule has 1 aromatic carbocycles. The SMILES string of the molecule is CCCCCOc1c(O)c(O)c(CC)c(OCCCCC)c1OCCCCC. The fraction of sp³-hybridized carbons (Fsp3) is 0.739. The fourth-order valence-corrected chi connectivity index (χ4v) is 3.03. The summed E-state index contributed by atoms with van der Waals surface area (Å²) in [6, 6.07) is 0. The molecule has 0 spiro atoms. The highest BCUT2D eigenvalue weighted by atomic mass is 16.5. The molecule has 0 saturated heterocycles. The molecule has 0 heterocycles. The maximum atomic E-state index is 10.6. The molecule has 0 fully saturated rings. The van der Waals surface area contributed by atoms with Gasteiger partial charge in [-0.3, -0.25) is 0 Å². The predicted octanol–water partition coefficient (Wildman–Crippen LogP) is 6.37. The van der Waals surface area contributed by atoms with Gasteiger partial charge in [-0.15, -0.1) is 0 Å². The molecule has 28 heavy (non-hydrogen) atoms. The van der Waals surface area contributed by atoms with Crippen LogP contribution in [0.15, 0.2) is 0 Å².